The molecule has 1 fully saturated rings. The molecule has 1 atom stereocenters. The number of para-hydroxylation sites is 1. The molecule has 0 aliphatic carbocycles. The highest BCUT2D eigenvalue weighted by atomic mass is 19.1. The fraction of sp³-hybridized carbons (Fsp3) is 0.400. The first-order valence-corrected chi connectivity index (χ1v) is 6.52. The maximum absolute atomic E-state index is 14.2. The van der Waals surface area contributed by atoms with Crippen molar-refractivity contribution in [2.75, 3.05) is 24.6 Å². The molecule has 0 saturated carbocycles. The molecule has 1 aliphatic heterocycles. The summed E-state index contributed by atoms with van der Waals surface area (Å²) < 4.78 is 14.2. The van der Waals surface area contributed by atoms with E-state index in [0.29, 0.717) is 13.0 Å². The molecule has 0 spiro atoms. The fourth-order valence-electron chi connectivity index (χ4n) is 2.80. The molecule has 2 heterocycles. The highest BCUT2D eigenvalue weighted by molar-refractivity contribution is 5.93. The number of anilines is 1. The first-order chi connectivity index (χ1) is 9.13. The van der Waals surface area contributed by atoms with Crippen molar-refractivity contribution in [3.8, 4) is 0 Å². The van der Waals surface area contributed by atoms with Crippen LogP contribution in [0.25, 0.3) is 10.9 Å². The Kier molecular flexibility index (Phi) is 2.90. The summed E-state index contributed by atoms with van der Waals surface area (Å²) in [5, 5.41) is 10.2. The number of hydrogen-bond acceptors (Lipinski definition) is 3. The van der Waals surface area contributed by atoms with E-state index >= 15 is 0 Å². The summed E-state index contributed by atoms with van der Waals surface area (Å²) in [6.45, 7) is 2.46. The Morgan fingerprint density at radius 1 is 1.42 bits per heavy atom. The number of rotatable bonds is 2. The van der Waals surface area contributed by atoms with Crippen LogP contribution >= 0.6 is 0 Å². The van der Waals surface area contributed by atoms with Crippen molar-refractivity contribution in [3.63, 3.8) is 0 Å². The maximum Gasteiger partial charge on any atom is 0.152 e. The van der Waals surface area contributed by atoms with E-state index < -0.39 is 12.3 Å². The molecule has 1 aliphatic rings. The second-order valence-corrected chi connectivity index (χ2v) is 5.29. The van der Waals surface area contributed by atoms with Gasteiger partial charge in [-0.25, -0.2) is 4.39 Å². The zero-order valence-electron chi connectivity index (χ0n) is 10.9. The zero-order chi connectivity index (χ0) is 13.5. The van der Waals surface area contributed by atoms with Gasteiger partial charge in [0.05, 0.1) is 24.4 Å². The van der Waals surface area contributed by atoms with Crippen LogP contribution in [0.3, 0.4) is 0 Å². The average Bonchev–Trinajstić information content (AvgIpc) is 2.82. The van der Waals surface area contributed by atoms with E-state index in [1.807, 2.05) is 42.3 Å². The van der Waals surface area contributed by atoms with Crippen molar-refractivity contribution in [1.82, 2.24) is 4.98 Å². The minimum absolute atomic E-state index is 0.248. The van der Waals surface area contributed by atoms with Crippen LogP contribution in [-0.2, 0) is 0 Å². The maximum atomic E-state index is 14.2. The largest absolute Gasteiger partial charge is 0.393 e. The lowest BCUT2D eigenvalue weighted by Crippen LogP contribution is -2.32. The highest BCUT2D eigenvalue weighted by Gasteiger charge is 2.38. The monoisotopic (exact) mass is 260 g/mol. The molecule has 4 heteroatoms. The van der Waals surface area contributed by atoms with Crippen molar-refractivity contribution in [2.45, 2.75) is 19.0 Å². The summed E-state index contributed by atoms with van der Waals surface area (Å²) in [6, 6.07) is 7.90. The van der Waals surface area contributed by atoms with Gasteiger partial charge >= 0.3 is 0 Å². The molecule has 1 N–H and O–H groups in total. The van der Waals surface area contributed by atoms with Crippen LogP contribution in [-0.4, -0.2) is 35.5 Å². The minimum Gasteiger partial charge on any atom is -0.393 e. The van der Waals surface area contributed by atoms with Crippen LogP contribution in [0.2, 0.25) is 0 Å². The van der Waals surface area contributed by atoms with E-state index in [-0.39, 0.29) is 6.54 Å². The van der Waals surface area contributed by atoms with Gasteiger partial charge in [-0.1, -0.05) is 18.2 Å². The number of aryl methyl sites for hydroxylation is 1. The van der Waals surface area contributed by atoms with Gasteiger partial charge in [-0.05, 0) is 18.6 Å². The molecule has 1 unspecified atom stereocenters. The van der Waals surface area contributed by atoms with Crippen molar-refractivity contribution >= 4 is 16.6 Å². The Labute approximate surface area is 111 Å². The molecular weight excluding hydrogens is 243 g/mol. The lowest BCUT2D eigenvalue weighted by atomic mass is 10.1. The van der Waals surface area contributed by atoms with Crippen LogP contribution in [0.1, 0.15) is 12.0 Å². The summed E-state index contributed by atoms with van der Waals surface area (Å²) in [7, 11) is 0. The molecule has 19 heavy (non-hydrogen) atoms. The molecule has 1 aromatic heterocycles. The quantitative estimate of drug-likeness (QED) is 0.901. The third kappa shape index (κ3) is 2.06. The van der Waals surface area contributed by atoms with E-state index in [1.165, 1.54) is 0 Å². The molecule has 1 saturated heterocycles. The lowest BCUT2D eigenvalue weighted by Gasteiger charge is -2.23. The normalized spacial score (nSPS) is 23.2. The van der Waals surface area contributed by atoms with E-state index in [4.69, 9.17) is 5.11 Å². The third-order valence-corrected chi connectivity index (χ3v) is 3.83. The van der Waals surface area contributed by atoms with Crippen molar-refractivity contribution in [2.24, 2.45) is 0 Å². The number of pyridine rings is 1. The van der Waals surface area contributed by atoms with Crippen LogP contribution in [0, 0.1) is 6.92 Å². The molecule has 1 aromatic carbocycles. The van der Waals surface area contributed by atoms with Gasteiger partial charge in [-0.15, -0.1) is 0 Å². The second-order valence-electron chi connectivity index (χ2n) is 5.29. The summed E-state index contributed by atoms with van der Waals surface area (Å²) >= 11 is 0. The van der Waals surface area contributed by atoms with Crippen LogP contribution in [0.15, 0.2) is 30.5 Å². The number of fused-ring (bicyclic) bond motifs is 1. The lowest BCUT2D eigenvalue weighted by molar-refractivity contribution is 0.0910. The average molecular weight is 260 g/mol. The molecule has 2 aromatic rings. The van der Waals surface area contributed by atoms with Gasteiger partial charge in [0.15, 0.2) is 5.67 Å². The molecule has 3 rings (SSSR count). The van der Waals surface area contributed by atoms with Gasteiger partial charge in [-0.3, -0.25) is 4.98 Å². The minimum atomic E-state index is -1.48. The Morgan fingerprint density at radius 3 is 2.95 bits per heavy atom. The Bertz CT molecular complexity index is 616. The van der Waals surface area contributed by atoms with Crippen LogP contribution in [0.4, 0.5) is 10.1 Å². The molecule has 0 bridgehead atoms. The summed E-state index contributed by atoms with van der Waals surface area (Å²) in [6.07, 6.45) is 2.20. The Balaban J connectivity index is 2.08. The number of benzene rings is 1. The van der Waals surface area contributed by atoms with E-state index in [0.717, 1.165) is 22.2 Å². The Morgan fingerprint density at radius 2 is 2.21 bits per heavy atom. The van der Waals surface area contributed by atoms with Gasteiger partial charge < -0.3 is 10.0 Å². The topological polar surface area (TPSA) is 36.4 Å². The molecule has 3 nitrogen and oxygen atoms in total. The van der Waals surface area contributed by atoms with Gasteiger partial charge in [0, 0.05) is 24.5 Å². The second kappa shape index (κ2) is 4.46. The van der Waals surface area contributed by atoms with Crippen LogP contribution < -0.4 is 4.90 Å². The number of halogens is 1. The number of aromatic nitrogens is 1. The standard InChI is InChI=1S/C15H17FN2O/c1-11-8-17-13-5-3-2-4-12(13)14(11)18-7-6-15(16,9-18)10-19/h2-5,8,19H,6-7,9-10H2,1H3. The molecular formula is C15H17FN2O. The van der Waals surface area contributed by atoms with Gasteiger partial charge in [0.2, 0.25) is 0 Å². The predicted octanol–water partition coefficient (Wildman–Crippen LogP) is 2.45. The van der Waals surface area contributed by atoms with Gasteiger partial charge in [-0.2, -0.15) is 0 Å². The summed E-state index contributed by atoms with van der Waals surface area (Å²) in [5.74, 6) is 0. The third-order valence-electron chi connectivity index (χ3n) is 3.83. The number of alkyl halides is 1. The SMILES string of the molecule is Cc1cnc2ccccc2c1N1CCC(F)(CO)C1. The first-order valence-electron chi connectivity index (χ1n) is 6.52. The fourth-order valence-corrected chi connectivity index (χ4v) is 2.80. The number of aliphatic hydroxyl groups is 1. The number of aliphatic hydroxyl groups excluding tert-OH is 1. The molecule has 0 amide bonds. The molecule has 0 radical (unpaired) electrons. The van der Waals surface area contributed by atoms with Crippen molar-refractivity contribution < 1.29 is 9.50 Å². The van der Waals surface area contributed by atoms with Gasteiger partial charge in [0.1, 0.15) is 0 Å². The highest BCUT2D eigenvalue weighted by Crippen LogP contribution is 2.35. The molecule has 100 valence electrons. The van der Waals surface area contributed by atoms with E-state index in [9.17, 15) is 4.39 Å². The smallest absolute Gasteiger partial charge is 0.152 e. The number of nitrogens with zero attached hydrogens (tertiary/aromatic N) is 2. The van der Waals surface area contributed by atoms with Crippen molar-refractivity contribution in [1.29, 1.82) is 0 Å². The van der Waals surface area contributed by atoms with E-state index in [2.05, 4.69) is 4.98 Å². The summed E-state index contributed by atoms with van der Waals surface area (Å²) in [4.78, 5) is 6.42. The van der Waals surface area contributed by atoms with Crippen molar-refractivity contribution in [3.05, 3.63) is 36.0 Å². The number of hydrogen-bond donors (Lipinski definition) is 1. The van der Waals surface area contributed by atoms with E-state index in [1.54, 1.807) is 0 Å². The van der Waals surface area contributed by atoms with Crippen LogP contribution in [0.5, 0.6) is 0 Å². The van der Waals surface area contributed by atoms with Gasteiger partial charge in [0.25, 0.3) is 0 Å². The predicted molar refractivity (Wildman–Crippen MR) is 74.2 cm³/mol. The zero-order valence-corrected chi connectivity index (χ0v) is 10.9. The summed E-state index contributed by atoms with van der Waals surface area (Å²) in [5.41, 5.74) is 1.53. The Hall–Kier alpha value is -1.68. The first kappa shape index (κ1) is 12.4.